The summed E-state index contributed by atoms with van der Waals surface area (Å²) in [5.41, 5.74) is 2.64. The van der Waals surface area contributed by atoms with E-state index in [-0.39, 0.29) is 34.7 Å². The van der Waals surface area contributed by atoms with Crippen molar-refractivity contribution in [3.05, 3.63) is 64.7 Å². The van der Waals surface area contributed by atoms with Crippen LogP contribution in [-0.2, 0) is 6.42 Å². The van der Waals surface area contributed by atoms with Crippen molar-refractivity contribution in [2.24, 2.45) is 27.5 Å². The number of hydrogen-bond donors (Lipinski definition) is 3. The standard InChI is InChI=1S/C29H35F3N6O3/c1-28(2,3)20-8-10-21(11-9-20)38(26(40)17-4-12-22(13-5-17)41-29(30,31)32)24-15-7-18-16-19(6-14-23(18)24)25(39)35-27(33)36-37-34/h4-6,12-14,16,20-21,24H,7-11,15H2,1-3H3,(H4,33,34,35,36,39). The Bertz CT molecular complexity index is 1310. The molecule has 0 heterocycles. The summed E-state index contributed by atoms with van der Waals surface area (Å²) in [6, 6.07) is 9.99. The molecule has 0 radical (unpaired) electrons. The van der Waals surface area contributed by atoms with Crippen LogP contribution in [0.15, 0.2) is 52.8 Å². The summed E-state index contributed by atoms with van der Waals surface area (Å²) in [7, 11) is 0. The van der Waals surface area contributed by atoms with Crippen molar-refractivity contribution in [1.29, 1.82) is 5.41 Å². The minimum Gasteiger partial charge on any atom is -0.406 e. The third-order valence-electron chi connectivity index (χ3n) is 8.06. The van der Waals surface area contributed by atoms with E-state index in [1.54, 1.807) is 12.1 Å². The highest BCUT2D eigenvalue weighted by molar-refractivity contribution is 6.05. The van der Waals surface area contributed by atoms with Crippen LogP contribution in [0.2, 0.25) is 0 Å². The lowest BCUT2D eigenvalue weighted by Crippen LogP contribution is -2.45. The Morgan fingerprint density at radius 1 is 1.00 bits per heavy atom. The first kappa shape index (κ1) is 30.0. The van der Waals surface area contributed by atoms with Crippen molar-refractivity contribution in [1.82, 2.24) is 10.2 Å². The van der Waals surface area contributed by atoms with Crippen LogP contribution in [0.1, 0.15) is 90.8 Å². The van der Waals surface area contributed by atoms with Crippen LogP contribution in [-0.4, -0.2) is 35.1 Å². The summed E-state index contributed by atoms with van der Waals surface area (Å²) in [6.45, 7) is 6.69. The first-order valence-corrected chi connectivity index (χ1v) is 13.6. The maximum atomic E-state index is 14.0. The van der Waals surface area contributed by atoms with Gasteiger partial charge < -0.3 is 15.5 Å². The molecule has 1 fully saturated rings. The van der Waals surface area contributed by atoms with Crippen LogP contribution in [0.25, 0.3) is 0 Å². The number of guanidine groups is 1. The number of nitrogens with two attached hydrogens (primary N) is 1. The number of fused-ring (bicyclic) bond motifs is 1. The second-order valence-corrected chi connectivity index (χ2v) is 11.6. The number of benzene rings is 2. The Morgan fingerprint density at radius 2 is 1.63 bits per heavy atom. The van der Waals surface area contributed by atoms with E-state index in [2.05, 4.69) is 41.2 Å². The van der Waals surface area contributed by atoms with Crippen molar-refractivity contribution in [3.63, 3.8) is 0 Å². The molecule has 1 atom stereocenters. The van der Waals surface area contributed by atoms with E-state index < -0.39 is 18.2 Å². The molecule has 12 heteroatoms. The van der Waals surface area contributed by atoms with Gasteiger partial charge in [-0.1, -0.05) is 37.2 Å². The minimum absolute atomic E-state index is 0.0341. The molecule has 41 heavy (non-hydrogen) atoms. The Labute approximate surface area is 236 Å². The molecule has 0 spiro atoms. The van der Waals surface area contributed by atoms with Crippen molar-refractivity contribution in [3.8, 4) is 5.75 Å². The van der Waals surface area contributed by atoms with Gasteiger partial charge in [0.15, 0.2) is 0 Å². The molecule has 0 saturated heterocycles. The Hall–Kier alpha value is -3.96. The molecule has 2 aromatic rings. The molecular formula is C29H35F3N6O3. The lowest BCUT2D eigenvalue weighted by Gasteiger charge is -2.43. The van der Waals surface area contributed by atoms with Gasteiger partial charge in [0, 0.05) is 17.2 Å². The summed E-state index contributed by atoms with van der Waals surface area (Å²) in [5, 5.41) is 16.2. The second-order valence-electron chi connectivity index (χ2n) is 11.6. The van der Waals surface area contributed by atoms with Gasteiger partial charge in [-0.3, -0.25) is 20.3 Å². The summed E-state index contributed by atoms with van der Waals surface area (Å²) in [5.74, 6) is 3.83. The van der Waals surface area contributed by atoms with Crippen molar-refractivity contribution in [2.45, 2.75) is 77.7 Å². The molecule has 4 N–H and O–H groups in total. The zero-order chi connectivity index (χ0) is 29.9. The molecule has 2 aliphatic rings. The van der Waals surface area contributed by atoms with Crippen molar-refractivity contribution >= 4 is 17.8 Å². The van der Waals surface area contributed by atoms with Crippen molar-refractivity contribution < 1.29 is 27.5 Å². The number of rotatable bonds is 5. The highest BCUT2D eigenvalue weighted by Crippen LogP contribution is 2.44. The lowest BCUT2D eigenvalue weighted by molar-refractivity contribution is -0.274. The number of amides is 2. The van der Waals surface area contributed by atoms with Gasteiger partial charge in [-0.15, -0.1) is 13.2 Å². The number of carbonyl (C=O) groups is 2. The average Bonchev–Trinajstić information content (AvgIpc) is 3.31. The highest BCUT2D eigenvalue weighted by atomic mass is 19.4. The highest BCUT2D eigenvalue weighted by Gasteiger charge is 2.40. The number of nitrogens with zero attached hydrogens (tertiary/aromatic N) is 3. The number of nitrogens with one attached hydrogen (secondary N) is 2. The van der Waals surface area contributed by atoms with Gasteiger partial charge in [-0.25, -0.2) is 0 Å². The third-order valence-corrected chi connectivity index (χ3v) is 8.06. The van der Waals surface area contributed by atoms with Crippen LogP contribution in [0.4, 0.5) is 13.2 Å². The Balaban J connectivity index is 1.61. The molecule has 1 saturated carbocycles. The largest absolute Gasteiger partial charge is 0.573 e. The van der Waals surface area contributed by atoms with E-state index in [9.17, 15) is 22.8 Å². The summed E-state index contributed by atoms with van der Waals surface area (Å²) >= 11 is 0. The number of ether oxygens (including phenoxy) is 1. The Kier molecular flexibility index (Phi) is 8.69. The fraction of sp³-hybridized carbons (Fsp3) is 0.483. The average molecular weight is 573 g/mol. The molecule has 220 valence electrons. The molecule has 0 aromatic heterocycles. The van der Waals surface area contributed by atoms with E-state index in [4.69, 9.17) is 11.3 Å². The van der Waals surface area contributed by atoms with Gasteiger partial charge in [-0.05, 0) is 97.4 Å². The molecule has 0 bridgehead atoms. The quantitative estimate of drug-likeness (QED) is 0.127. The van der Waals surface area contributed by atoms with Crippen LogP contribution < -0.4 is 15.9 Å². The fourth-order valence-electron chi connectivity index (χ4n) is 6.02. The van der Waals surface area contributed by atoms with Gasteiger partial charge in [-0.2, -0.15) is 0 Å². The van der Waals surface area contributed by atoms with Gasteiger partial charge in [0.25, 0.3) is 11.8 Å². The SMILES string of the molecule is CC(C)(C)C1CCC(N(C(=O)c2ccc(OC(F)(F)F)cc2)C2CCc3cc(C(=O)NC(=N)N=NN)ccc32)CC1. The predicted octanol–water partition coefficient (Wildman–Crippen LogP) is 6.31. The molecule has 2 aliphatic carbocycles. The number of alkyl halides is 3. The van der Waals surface area contributed by atoms with E-state index in [0.29, 0.717) is 24.3 Å². The zero-order valence-corrected chi connectivity index (χ0v) is 23.3. The van der Waals surface area contributed by atoms with Crippen molar-refractivity contribution in [2.75, 3.05) is 0 Å². The fourth-order valence-corrected chi connectivity index (χ4v) is 6.02. The lowest BCUT2D eigenvalue weighted by atomic mass is 9.71. The molecule has 4 rings (SSSR count). The Morgan fingerprint density at radius 3 is 2.22 bits per heavy atom. The molecule has 9 nitrogen and oxygen atoms in total. The summed E-state index contributed by atoms with van der Waals surface area (Å²) in [4.78, 5) is 28.5. The molecule has 0 aliphatic heterocycles. The first-order valence-electron chi connectivity index (χ1n) is 13.6. The normalized spacial score (nSPS) is 20.9. The second kappa shape index (κ2) is 11.9. The molecular weight excluding hydrogens is 537 g/mol. The van der Waals surface area contributed by atoms with Crippen LogP contribution in [0.5, 0.6) is 5.75 Å². The number of aryl methyl sites for hydroxylation is 1. The zero-order valence-electron chi connectivity index (χ0n) is 23.3. The molecule has 2 aromatic carbocycles. The first-order chi connectivity index (χ1) is 19.3. The number of carbonyl (C=O) groups excluding carboxylic acids is 2. The van der Waals surface area contributed by atoms with E-state index in [1.807, 2.05) is 11.0 Å². The van der Waals surface area contributed by atoms with Crippen LogP contribution in [0, 0.1) is 16.7 Å². The minimum atomic E-state index is -4.82. The monoisotopic (exact) mass is 572 g/mol. The maximum absolute atomic E-state index is 14.0. The van der Waals surface area contributed by atoms with E-state index >= 15 is 0 Å². The molecule has 1 unspecified atom stereocenters. The van der Waals surface area contributed by atoms with Crippen LogP contribution >= 0.6 is 0 Å². The smallest absolute Gasteiger partial charge is 0.406 e. The third kappa shape index (κ3) is 7.22. The maximum Gasteiger partial charge on any atom is 0.573 e. The van der Waals surface area contributed by atoms with Gasteiger partial charge in [0.2, 0.25) is 5.96 Å². The predicted molar refractivity (Wildman–Crippen MR) is 146 cm³/mol. The van der Waals surface area contributed by atoms with Gasteiger partial charge in [0.05, 0.1) is 6.04 Å². The number of hydrogen-bond acceptors (Lipinski definition) is 5. The summed E-state index contributed by atoms with van der Waals surface area (Å²) in [6.07, 6.45) is 0.0715. The van der Waals surface area contributed by atoms with E-state index in [1.165, 1.54) is 12.1 Å². The molecule has 2 amide bonds. The van der Waals surface area contributed by atoms with Crippen LogP contribution in [0.3, 0.4) is 0 Å². The number of halogens is 3. The summed E-state index contributed by atoms with van der Waals surface area (Å²) < 4.78 is 42.0. The van der Waals surface area contributed by atoms with Gasteiger partial charge >= 0.3 is 6.36 Å². The topological polar surface area (TPSA) is 133 Å². The van der Waals surface area contributed by atoms with Gasteiger partial charge in [0.1, 0.15) is 5.75 Å². The van der Waals surface area contributed by atoms with E-state index in [0.717, 1.165) is 48.9 Å².